The lowest BCUT2D eigenvalue weighted by Gasteiger charge is -2.32. The molecule has 0 bridgehead atoms. The van der Waals surface area contributed by atoms with Crippen LogP contribution in [0.5, 0.6) is 0 Å². The summed E-state index contributed by atoms with van der Waals surface area (Å²) in [4.78, 5) is 21.9. The first-order chi connectivity index (χ1) is 8.75. The second-order valence-electron chi connectivity index (χ2n) is 5.10. The van der Waals surface area contributed by atoms with Crippen molar-refractivity contribution in [1.29, 1.82) is 0 Å². The Morgan fingerprint density at radius 2 is 2.22 bits per heavy atom. The molecule has 1 aliphatic heterocycles. The molecule has 2 aliphatic rings. The van der Waals surface area contributed by atoms with Crippen molar-refractivity contribution < 1.29 is 9.90 Å². The van der Waals surface area contributed by atoms with E-state index in [1.54, 1.807) is 6.33 Å². The number of nitrogens with zero attached hydrogens (tertiary/aromatic N) is 3. The number of rotatable bonds is 2. The fraction of sp³-hybridized carbons (Fsp3) is 0.615. The number of carboxylic acids is 1. The van der Waals surface area contributed by atoms with E-state index in [4.69, 9.17) is 5.11 Å². The number of aliphatic carboxylic acids is 1. The summed E-state index contributed by atoms with van der Waals surface area (Å²) in [6, 6.07) is 0. The highest BCUT2D eigenvalue weighted by atomic mass is 16.4. The normalized spacial score (nSPS) is 22.9. The highest BCUT2D eigenvalue weighted by Gasteiger charge is 2.28. The number of carboxylic acid groups (broad SMARTS) is 1. The Kier molecular flexibility index (Phi) is 2.89. The van der Waals surface area contributed by atoms with E-state index < -0.39 is 5.97 Å². The Labute approximate surface area is 106 Å². The van der Waals surface area contributed by atoms with Gasteiger partial charge in [0, 0.05) is 24.3 Å². The van der Waals surface area contributed by atoms with Crippen molar-refractivity contribution in [2.24, 2.45) is 5.92 Å². The molecule has 1 aliphatic carbocycles. The summed E-state index contributed by atoms with van der Waals surface area (Å²) < 4.78 is 0. The lowest BCUT2D eigenvalue weighted by atomic mass is 9.98. The van der Waals surface area contributed by atoms with Crippen molar-refractivity contribution in [3.63, 3.8) is 0 Å². The van der Waals surface area contributed by atoms with Crippen molar-refractivity contribution in [3.8, 4) is 0 Å². The van der Waals surface area contributed by atoms with E-state index in [0.717, 1.165) is 50.2 Å². The summed E-state index contributed by atoms with van der Waals surface area (Å²) in [5, 5.41) is 9.14. The molecule has 1 aromatic rings. The smallest absolute Gasteiger partial charge is 0.308 e. The third kappa shape index (κ3) is 1.94. The number of aryl methyl sites for hydroxylation is 1. The molecule has 18 heavy (non-hydrogen) atoms. The minimum Gasteiger partial charge on any atom is -0.481 e. The minimum atomic E-state index is -0.689. The Morgan fingerprint density at radius 1 is 1.33 bits per heavy atom. The van der Waals surface area contributed by atoms with E-state index in [1.165, 1.54) is 5.56 Å². The Bertz CT molecular complexity index is 475. The topological polar surface area (TPSA) is 66.3 Å². The zero-order valence-electron chi connectivity index (χ0n) is 10.3. The summed E-state index contributed by atoms with van der Waals surface area (Å²) >= 11 is 0. The van der Waals surface area contributed by atoms with E-state index >= 15 is 0 Å². The van der Waals surface area contributed by atoms with Gasteiger partial charge in [-0.15, -0.1) is 0 Å². The zero-order valence-corrected chi connectivity index (χ0v) is 10.3. The van der Waals surface area contributed by atoms with Crippen LogP contribution in [0.2, 0.25) is 0 Å². The molecule has 0 aromatic carbocycles. The monoisotopic (exact) mass is 247 g/mol. The lowest BCUT2D eigenvalue weighted by Crippen LogP contribution is -2.39. The summed E-state index contributed by atoms with van der Waals surface area (Å²) in [6.07, 6.45) is 6.51. The molecule has 5 heteroatoms. The molecular formula is C13H17N3O2. The maximum absolute atomic E-state index is 11.1. The fourth-order valence-electron chi connectivity index (χ4n) is 2.99. The summed E-state index contributed by atoms with van der Waals surface area (Å²) in [7, 11) is 0. The molecule has 0 saturated carbocycles. The first-order valence-electron chi connectivity index (χ1n) is 6.56. The van der Waals surface area contributed by atoms with Crippen molar-refractivity contribution >= 4 is 11.8 Å². The number of hydrogen-bond acceptors (Lipinski definition) is 4. The molecule has 96 valence electrons. The van der Waals surface area contributed by atoms with Crippen molar-refractivity contribution in [2.75, 3.05) is 18.0 Å². The Morgan fingerprint density at radius 3 is 3.06 bits per heavy atom. The quantitative estimate of drug-likeness (QED) is 0.852. The van der Waals surface area contributed by atoms with Gasteiger partial charge in [0.15, 0.2) is 0 Å². The number of hydrogen-bond donors (Lipinski definition) is 1. The molecule has 3 rings (SSSR count). The predicted molar refractivity (Wildman–Crippen MR) is 66.6 cm³/mol. The van der Waals surface area contributed by atoms with Crippen LogP contribution in [0, 0.1) is 5.92 Å². The van der Waals surface area contributed by atoms with Gasteiger partial charge in [-0.25, -0.2) is 9.97 Å². The van der Waals surface area contributed by atoms with Gasteiger partial charge in [-0.3, -0.25) is 4.79 Å². The summed E-state index contributed by atoms with van der Waals surface area (Å²) in [5.41, 5.74) is 2.39. The van der Waals surface area contributed by atoms with Crippen LogP contribution in [0.25, 0.3) is 0 Å². The molecule has 1 aromatic heterocycles. The van der Waals surface area contributed by atoms with Crippen LogP contribution in [0.3, 0.4) is 0 Å². The maximum Gasteiger partial charge on any atom is 0.308 e. The minimum absolute atomic E-state index is 0.259. The predicted octanol–water partition coefficient (Wildman–Crippen LogP) is 1.27. The van der Waals surface area contributed by atoms with Gasteiger partial charge in [0.2, 0.25) is 0 Å². The SMILES string of the molecule is O=C(O)[C@@H]1CCCN(c2ncnc3c2CCC3)C1. The van der Waals surface area contributed by atoms with Crippen molar-refractivity contribution in [3.05, 3.63) is 17.6 Å². The van der Waals surface area contributed by atoms with E-state index in [0.29, 0.717) is 6.54 Å². The summed E-state index contributed by atoms with van der Waals surface area (Å²) in [5.74, 6) is 0.0274. The number of anilines is 1. The molecule has 0 spiro atoms. The average molecular weight is 247 g/mol. The van der Waals surface area contributed by atoms with E-state index in [9.17, 15) is 4.79 Å². The molecule has 0 radical (unpaired) electrons. The molecular weight excluding hydrogens is 230 g/mol. The van der Waals surface area contributed by atoms with Crippen molar-refractivity contribution in [1.82, 2.24) is 9.97 Å². The van der Waals surface area contributed by atoms with Crippen LogP contribution in [-0.4, -0.2) is 34.1 Å². The standard InChI is InChI=1S/C13H17N3O2/c17-13(18)9-3-2-6-16(7-9)12-10-4-1-5-11(10)14-8-15-12/h8-9H,1-7H2,(H,17,18)/t9-/m1/s1. The van der Waals surface area contributed by atoms with Crippen LogP contribution in [0.15, 0.2) is 6.33 Å². The molecule has 5 nitrogen and oxygen atoms in total. The van der Waals surface area contributed by atoms with Gasteiger partial charge in [0.25, 0.3) is 0 Å². The van der Waals surface area contributed by atoms with Crippen LogP contribution in [-0.2, 0) is 17.6 Å². The van der Waals surface area contributed by atoms with Gasteiger partial charge in [-0.1, -0.05) is 0 Å². The van der Waals surface area contributed by atoms with Gasteiger partial charge < -0.3 is 10.0 Å². The highest BCUT2D eigenvalue weighted by molar-refractivity contribution is 5.71. The van der Waals surface area contributed by atoms with Crippen LogP contribution >= 0.6 is 0 Å². The molecule has 1 fully saturated rings. The van der Waals surface area contributed by atoms with Gasteiger partial charge in [-0.05, 0) is 32.1 Å². The number of carbonyl (C=O) groups is 1. The molecule has 2 heterocycles. The molecule has 0 amide bonds. The van der Waals surface area contributed by atoms with Crippen LogP contribution in [0.4, 0.5) is 5.82 Å². The zero-order chi connectivity index (χ0) is 12.5. The van der Waals surface area contributed by atoms with Crippen LogP contribution < -0.4 is 4.90 Å². The average Bonchev–Trinajstić information content (AvgIpc) is 2.87. The second-order valence-corrected chi connectivity index (χ2v) is 5.10. The Balaban J connectivity index is 1.86. The molecule has 0 unspecified atom stereocenters. The first-order valence-corrected chi connectivity index (χ1v) is 6.56. The van der Waals surface area contributed by atoms with E-state index in [2.05, 4.69) is 14.9 Å². The summed E-state index contributed by atoms with van der Waals surface area (Å²) in [6.45, 7) is 1.49. The van der Waals surface area contributed by atoms with Gasteiger partial charge in [0.1, 0.15) is 12.1 Å². The molecule has 1 saturated heterocycles. The molecule has 1 N–H and O–H groups in total. The van der Waals surface area contributed by atoms with Gasteiger partial charge in [0.05, 0.1) is 5.92 Å². The third-order valence-corrected chi connectivity index (χ3v) is 3.92. The van der Waals surface area contributed by atoms with Crippen LogP contribution in [0.1, 0.15) is 30.5 Å². The number of aromatic nitrogens is 2. The fourth-order valence-corrected chi connectivity index (χ4v) is 2.99. The number of piperidine rings is 1. The molecule has 1 atom stereocenters. The van der Waals surface area contributed by atoms with Gasteiger partial charge >= 0.3 is 5.97 Å². The van der Waals surface area contributed by atoms with Crippen molar-refractivity contribution in [2.45, 2.75) is 32.1 Å². The lowest BCUT2D eigenvalue weighted by molar-refractivity contribution is -0.141. The second kappa shape index (κ2) is 4.55. The maximum atomic E-state index is 11.1. The number of fused-ring (bicyclic) bond motifs is 1. The van der Waals surface area contributed by atoms with E-state index in [1.807, 2.05) is 0 Å². The van der Waals surface area contributed by atoms with E-state index in [-0.39, 0.29) is 5.92 Å². The van der Waals surface area contributed by atoms with Gasteiger partial charge in [-0.2, -0.15) is 0 Å². The highest BCUT2D eigenvalue weighted by Crippen LogP contribution is 2.30. The Hall–Kier alpha value is -1.65. The largest absolute Gasteiger partial charge is 0.481 e. The third-order valence-electron chi connectivity index (χ3n) is 3.92. The first kappa shape index (κ1) is 11.4.